The molecule has 6 nitrogen and oxygen atoms in total. The molecule has 0 amide bonds. The molecule has 0 spiro atoms. The number of benzene rings is 1. The lowest BCUT2D eigenvalue weighted by atomic mass is 10.1. The number of rotatable bonds is 7. The number of likely N-dealkylation sites (N-methyl/N-ethyl adjacent to an activating group) is 1. The van der Waals surface area contributed by atoms with Gasteiger partial charge in [0, 0.05) is 32.9 Å². The number of aryl methyl sites for hydroxylation is 1. The number of nitrogens with zero attached hydrogens (tertiary/aromatic N) is 4. The molecule has 2 rings (SSSR count). The number of hydrogen-bond donors (Lipinski definition) is 2. The minimum Gasteiger partial charge on any atom is -0.355 e. The normalized spacial score (nSPS) is 13.1. The van der Waals surface area contributed by atoms with Gasteiger partial charge >= 0.3 is 0 Å². The first-order valence-electron chi connectivity index (χ1n) is 8.22. The van der Waals surface area contributed by atoms with Gasteiger partial charge in [0.15, 0.2) is 5.96 Å². The Morgan fingerprint density at radius 1 is 1.21 bits per heavy atom. The molecule has 24 heavy (non-hydrogen) atoms. The molecule has 0 saturated heterocycles. The number of hydrogen-bond acceptors (Lipinski definition) is 3. The van der Waals surface area contributed by atoms with Crippen LogP contribution in [0, 0.1) is 0 Å². The second-order valence-corrected chi connectivity index (χ2v) is 6.06. The molecule has 1 aromatic heterocycles. The van der Waals surface area contributed by atoms with Crippen molar-refractivity contribution in [2.24, 2.45) is 12.0 Å². The van der Waals surface area contributed by atoms with Gasteiger partial charge in [-0.1, -0.05) is 30.3 Å². The molecule has 6 heteroatoms. The molecule has 0 aliphatic heterocycles. The number of aromatic nitrogens is 2. The zero-order valence-electron chi connectivity index (χ0n) is 15.0. The predicted octanol–water partition coefficient (Wildman–Crippen LogP) is 1.26. The van der Waals surface area contributed by atoms with Crippen molar-refractivity contribution in [2.45, 2.75) is 19.0 Å². The van der Waals surface area contributed by atoms with Crippen molar-refractivity contribution in [3.8, 4) is 0 Å². The molecular formula is C18H28N6. The molecule has 1 unspecified atom stereocenters. The molecule has 2 aromatic rings. The van der Waals surface area contributed by atoms with E-state index in [1.807, 2.05) is 17.8 Å². The first-order valence-corrected chi connectivity index (χ1v) is 8.22. The summed E-state index contributed by atoms with van der Waals surface area (Å²) in [4.78, 5) is 6.55. The first-order chi connectivity index (χ1) is 11.6. The third-order valence-corrected chi connectivity index (χ3v) is 4.13. The Morgan fingerprint density at radius 2 is 1.96 bits per heavy atom. The fourth-order valence-corrected chi connectivity index (χ4v) is 2.51. The molecule has 2 N–H and O–H groups in total. The minimum atomic E-state index is 0.391. The lowest BCUT2D eigenvalue weighted by molar-refractivity contribution is 0.290. The monoisotopic (exact) mass is 328 g/mol. The van der Waals surface area contributed by atoms with Crippen molar-refractivity contribution < 1.29 is 0 Å². The van der Waals surface area contributed by atoms with E-state index in [0.29, 0.717) is 12.6 Å². The van der Waals surface area contributed by atoms with Crippen LogP contribution in [0.1, 0.15) is 11.3 Å². The van der Waals surface area contributed by atoms with Gasteiger partial charge in [-0.3, -0.25) is 9.67 Å². The molecule has 130 valence electrons. The van der Waals surface area contributed by atoms with Crippen LogP contribution in [0.2, 0.25) is 0 Å². The molecule has 0 aliphatic carbocycles. The molecule has 0 bridgehead atoms. The summed E-state index contributed by atoms with van der Waals surface area (Å²) in [5.74, 6) is 0.802. The van der Waals surface area contributed by atoms with E-state index in [1.165, 1.54) is 5.56 Å². The van der Waals surface area contributed by atoms with Gasteiger partial charge in [-0.05, 0) is 32.1 Å². The summed E-state index contributed by atoms with van der Waals surface area (Å²) in [6, 6.07) is 13.0. The van der Waals surface area contributed by atoms with E-state index < -0.39 is 0 Å². The lowest BCUT2D eigenvalue weighted by Crippen LogP contribution is -2.45. The standard InChI is InChI=1S/C18H28N6/c1-19-18(20-13-16-10-11-22-24(16)4)21-14-17(23(2)3)12-15-8-6-5-7-9-15/h5-11,17H,12-14H2,1-4H3,(H2,19,20,21). The van der Waals surface area contributed by atoms with Crippen LogP contribution in [0.3, 0.4) is 0 Å². The summed E-state index contributed by atoms with van der Waals surface area (Å²) in [6.07, 6.45) is 2.80. The number of nitrogens with one attached hydrogen (secondary N) is 2. The molecule has 0 aliphatic rings. The van der Waals surface area contributed by atoms with Crippen LogP contribution in [-0.4, -0.2) is 54.4 Å². The smallest absolute Gasteiger partial charge is 0.191 e. The van der Waals surface area contributed by atoms with E-state index in [1.54, 1.807) is 13.2 Å². The maximum Gasteiger partial charge on any atom is 0.191 e. The van der Waals surface area contributed by atoms with Gasteiger partial charge in [-0.25, -0.2) is 0 Å². The van der Waals surface area contributed by atoms with Crippen LogP contribution in [0.5, 0.6) is 0 Å². The fraction of sp³-hybridized carbons (Fsp3) is 0.444. The summed E-state index contributed by atoms with van der Waals surface area (Å²) in [7, 11) is 7.96. The van der Waals surface area contributed by atoms with Crippen molar-refractivity contribution in [2.75, 3.05) is 27.7 Å². The Bertz CT molecular complexity index is 632. The summed E-state index contributed by atoms with van der Waals surface area (Å²) in [6.45, 7) is 1.52. The van der Waals surface area contributed by atoms with Crippen LogP contribution < -0.4 is 10.6 Å². The second-order valence-electron chi connectivity index (χ2n) is 6.06. The average molecular weight is 328 g/mol. The third-order valence-electron chi connectivity index (χ3n) is 4.13. The van der Waals surface area contributed by atoms with Crippen molar-refractivity contribution in [3.05, 3.63) is 53.9 Å². The summed E-state index contributed by atoms with van der Waals surface area (Å²) in [5, 5.41) is 10.9. The average Bonchev–Trinajstić information content (AvgIpc) is 2.99. The predicted molar refractivity (Wildman–Crippen MR) is 99.0 cm³/mol. The molecule has 1 atom stereocenters. The van der Waals surface area contributed by atoms with Gasteiger partial charge in [0.2, 0.25) is 0 Å². The fourth-order valence-electron chi connectivity index (χ4n) is 2.51. The van der Waals surface area contributed by atoms with E-state index in [0.717, 1.165) is 24.6 Å². The lowest BCUT2D eigenvalue weighted by Gasteiger charge is -2.25. The summed E-state index contributed by atoms with van der Waals surface area (Å²) < 4.78 is 1.86. The Labute approximate surface area is 144 Å². The Balaban J connectivity index is 1.86. The van der Waals surface area contributed by atoms with Crippen LogP contribution in [0.4, 0.5) is 0 Å². The quantitative estimate of drug-likeness (QED) is 0.593. The Morgan fingerprint density at radius 3 is 2.54 bits per heavy atom. The van der Waals surface area contributed by atoms with Gasteiger partial charge in [0.05, 0.1) is 12.2 Å². The SMILES string of the molecule is CN=C(NCc1ccnn1C)NCC(Cc1ccccc1)N(C)C. The van der Waals surface area contributed by atoms with E-state index in [9.17, 15) is 0 Å². The minimum absolute atomic E-state index is 0.391. The molecule has 0 fully saturated rings. The molecule has 1 heterocycles. The highest BCUT2D eigenvalue weighted by atomic mass is 15.3. The van der Waals surface area contributed by atoms with Crippen molar-refractivity contribution >= 4 is 5.96 Å². The zero-order chi connectivity index (χ0) is 17.4. The van der Waals surface area contributed by atoms with E-state index >= 15 is 0 Å². The zero-order valence-corrected chi connectivity index (χ0v) is 15.0. The highest BCUT2D eigenvalue weighted by molar-refractivity contribution is 5.79. The molecule has 1 aromatic carbocycles. The first kappa shape index (κ1) is 18.0. The van der Waals surface area contributed by atoms with Gasteiger partial charge < -0.3 is 15.5 Å². The second kappa shape index (κ2) is 9.08. The maximum absolute atomic E-state index is 4.30. The highest BCUT2D eigenvalue weighted by Gasteiger charge is 2.13. The maximum atomic E-state index is 4.30. The van der Waals surface area contributed by atoms with E-state index in [2.05, 4.69) is 70.1 Å². The molecule has 0 saturated carbocycles. The molecule has 0 radical (unpaired) electrons. The van der Waals surface area contributed by atoms with Gasteiger partial charge in [-0.15, -0.1) is 0 Å². The van der Waals surface area contributed by atoms with Crippen molar-refractivity contribution in [1.82, 2.24) is 25.3 Å². The van der Waals surface area contributed by atoms with Crippen LogP contribution in [0.25, 0.3) is 0 Å². The van der Waals surface area contributed by atoms with Crippen molar-refractivity contribution in [3.63, 3.8) is 0 Å². The molecular weight excluding hydrogens is 300 g/mol. The number of guanidine groups is 1. The highest BCUT2D eigenvalue weighted by Crippen LogP contribution is 2.06. The van der Waals surface area contributed by atoms with Gasteiger partial charge in [-0.2, -0.15) is 5.10 Å². The Kier molecular flexibility index (Phi) is 6.81. The largest absolute Gasteiger partial charge is 0.355 e. The van der Waals surface area contributed by atoms with Crippen molar-refractivity contribution in [1.29, 1.82) is 0 Å². The van der Waals surface area contributed by atoms with E-state index in [4.69, 9.17) is 0 Å². The van der Waals surface area contributed by atoms with E-state index in [-0.39, 0.29) is 0 Å². The number of aliphatic imine (C=N–C) groups is 1. The van der Waals surface area contributed by atoms with Crippen LogP contribution in [0.15, 0.2) is 47.6 Å². The Hall–Kier alpha value is -2.34. The summed E-state index contributed by atoms with van der Waals surface area (Å²) >= 11 is 0. The topological polar surface area (TPSA) is 57.5 Å². The van der Waals surface area contributed by atoms with Gasteiger partial charge in [0.25, 0.3) is 0 Å². The van der Waals surface area contributed by atoms with Gasteiger partial charge in [0.1, 0.15) is 0 Å². The third kappa shape index (κ3) is 5.38. The summed E-state index contributed by atoms with van der Waals surface area (Å²) in [5.41, 5.74) is 2.46. The van der Waals surface area contributed by atoms with Crippen LogP contribution >= 0.6 is 0 Å². The van der Waals surface area contributed by atoms with Crippen LogP contribution in [-0.2, 0) is 20.0 Å².